The van der Waals surface area contributed by atoms with Gasteiger partial charge in [-0.05, 0) is 32.4 Å². The maximum Gasteiger partial charge on any atom is 0.339 e. The van der Waals surface area contributed by atoms with Crippen molar-refractivity contribution in [1.82, 2.24) is 4.98 Å². The van der Waals surface area contributed by atoms with Crippen LogP contribution in [0, 0.1) is 6.92 Å². The number of carboxylic acid groups (broad SMARTS) is 1. The summed E-state index contributed by atoms with van der Waals surface area (Å²) in [6.45, 7) is 5.43. The van der Waals surface area contributed by atoms with Crippen molar-refractivity contribution in [2.75, 3.05) is 18.5 Å². The Bertz CT molecular complexity index is 690. The summed E-state index contributed by atoms with van der Waals surface area (Å²) in [6.07, 6.45) is 0. The molecule has 0 amide bonds. The summed E-state index contributed by atoms with van der Waals surface area (Å²) >= 11 is 0. The number of benzene rings is 1. The predicted octanol–water partition coefficient (Wildman–Crippen LogP) is 2.45. The van der Waals surface area contributed by atoms with Crippen LogP contribution >= 0.6 is 0 Å². The zero-order valence-corrected chi connectivity index (χ0v) is 12.7. The molecule has 0 atom stereocenters. The molecule has 5 heteroatoms. The Balaban J connectivity index is 2.66. The summed E-state index contributed by atoms with van der Waals surface area (Å²) in [4.78, 5) is 17.8. The van der Waals surface area contributed by atoms with Gasteiger partial charge in [-0.1, -0.05) is 18.2 Å². The molecule has 2 aromatic rings. The Labute approximate surface area is 123 Å². The maximum absolute atomic E-state index is 11.6. The second-order valence-electron chi connectivity index (χ2n) is 5.93. The zero-order valence-electron chi connectivity index (χ0n) is 12.7. The lowest BCUT2D eigenvalue weighted by Gasteiger charge is -2.28. The standard InChI is InChI=1S/C16H20N2O3/c1-10-11-7-5-6-8-12(11)17-14(13(10)15(19)20)18(4)9-16(2,3)21/h5-8,21H,9H2,1-4H3,(H,19,20). The highest BCUT2D eigenvalue weighted by Gasteiger charge is 2.24. The van der Waals surface area contributed by atoms with Crippen molar-refractivity contribution in [3.8, 4) is 0 Å². The van der Waals surface area contributed by atoms with Gasteiger partial charge in [0.25, 0.3) is 0 Å². The summed E-state index contributed by atoms with van der Waals surface area (Å²) < 4.78 is 0. The number of nitrogens with zero attached hydrogens (tertiary/aromatic N) is 2. The lowest BCUT2D eigenvalue weighted by molar-refractivity contribution is 0.0693. The van der Waals surface area contributed by atoms with Crippen LogP contribution in [0.4, 0.5) is 5.82 Å². The van der Waals surface area contributed by atoms with Crippen LogP contribution in [0.1, 0.15) is 29.8 Å². The van der Waals surface area contributed by atoms with E-state index in [2.05, 4.69) is 4.98 Å². The van der Waals surface area contributed by atoms with E-state index in [0.717, 1.165) is 10.9 Å². The Kier molecular flexibility index (Phi) is 3.87. The fraction of sp³-hybridized carbons (Fsp3) is 0.375. The molecule has 21 heavy (non-hydrogen) atoms. The normalized spacial score (nSPS) is 11.7. The van der Waals surface area contributed by atoms with Gasteiger partial charge in [-0.3, -0.25) is 0 Å². The van der Waals surface area contributed by atoms with Crippen molar-refractivity contribution in [2.24, 2.45) is 0 Å². The Morgan fingerprint density at radius 1 is 1.33 bits per heavy atom. The second-order valence-corrected chi connectivity index (χ2v) is 5.93. The van der Waals surface area contributed by atoms with E-state index in [9.17, 15) is 15.0 Å². The van der Waals surface area contributed by atoms with E-state index in [-0.39, 0.29) is 12.1 Å². The number of carbonyl (C=O) groups is 1. The SMILES string of the molecule is Cc1c(C(=O)O)c(N(C)CC(C)(C)O)nc2ccccc12. The van der Waals surface area contributed by atoms with Crippen molar-refractivity contribution < 1.29 is 15.0 Å². The third-order valence-corrected chi connectivity index (χ3v) is 3.33. The molecule has 0 radical (unpaired) electrons. The number of aliphatic hydroxyl groups is 1. The first-order chi connectivity index (χ1) is 9.70. The van der Waals surface area contributed by atoms with E-state index in [1.807, 2.05) is 24.3 Å². The number of aryl methyl sites for hydroxylation is 1. The maximum atomic E-state index is 11.6. The van der Waals surface area contributed by atoms with E-state index < -0.39 is 11.6 Å². The lowest BCUT2D eigenvalue weighted by Crippen LogP contribution is -2.37. The number of fused-ring (bicyclic) bond motifs is 1. The van der Waals surface area contributed by atoms with Gasteiger partial charge in [0.05, 0.1) is 11.1 Å². The summed E-state index contributed by atoms with van der Waals surface area (Å²) in [5.74, 6) is -0.635. The molecule has 0 aliphatic heterocycles. The van der Waals surface area contributed by atoms with Crippen LogP contribution in [0.5, 0.6) is 0 Å². The van der Waals surface area contributed by atoms with E-state index >= 15 is 0 Å². The van der Waals surface area contributed by atoms with Crippen molar-refractivity contribution in [3.05, 3.63) is 35.4 Å². The molecule has 0 aliphatic carbocycles. The summed E-state index contributed by atoms with van der Waals surface area (Å²) in [6, 6.07) is 7.46. The summed E-state index contributed by atoms with van der Waals surface area (Å²) in [7, 11) is 1.74. The van der Waals surface area contributed by atoms with Gasteiger partial charge in [-0.2, -0.15) is 0 Å². The fourth-order valence-corrected chi connectivity index (χ4v) is 2.55. The smallest absolute Gasteiger partial charge is 0.339 e. The van der Waals surface area contributed by atoms with Crippen LogP contribution in [0.25, 0.3) is 10.9 Å². The highest BCUT2D eigenvalue weighted by atomic mass is 16.4. The number of aromatic carboxylic acids is 1. The van der Waals surface area contributed by atoms with Crippen LogP contribution in [0.2, 0.25) is 0 Å². The quantitative estimate of drug-likeness (QED) is 0.904. The Hall–Kier alpha value is -2.14. The number of aromatic nitrogens is 1. The molecular weight excluding hydrogens is 268 g/mol. The molecule has 0 saturated heterocycles. The van der Waals surface area contributed by atoms with Gasteiger partial charge in [-0.15, -0.1) is 0 Å². The minimum absolute atomic E-state index is 0.181. The number of pyridine rings is 1. The number of hydrogen-bond donors (Lipinski definition) is 2. The molecule has 0 spiro atoms. The molecule has 2 rings (SSSR count). The zero-order chi connectivity index (χ0) is 15.8. The van der Waals surface area contributed by atoms with Crippen molar-refractivity contribution in [1.29, 1.82) is 0 Å². The number of anilines is 1. The minimum Gasteiger partial charge on any atom is -0.478 e. The van der Waals surface area contributed by atoms with Gasteiger partial charge >= 0.3 is 5.97 Å². The Morgan fingerprint density at radius 2 is 1.95 bits per heavy atom. The number of rotatable bonds is 4. The van der Waals surface area contributed by atoms with E-state index in [0.29, 0.717) is 11.4 Å². The average molecular weight is 288 g/mol. The molecule has 0 aliphatic rings. The molecule has 112 valence electrons. The second kappa shape index (κ2) is 5.33. The van der Waals surface area contributed by atoms with E-state index in [1.54, 1.807) is 32.7 Å². The molecule has 0 saturated carbocycles. The van der Waals surface area contributed by atoms with Crippen molar-refractivity contribution >= 4 is 22.7 Å². The molecule has 2 N–H and O–H groups in total. The fourth-order valence-electron chi connectivity index (χ4n) is 2.55. The van der Waals surface area contributed by atoms with Gasteiger partial charge in [0.15, 0.2) is 0 Å². The average Bonchev–Trinajstić information content (AvgIpc) is 2.36. The largest absolute Gasteiger partial charge is 0.478 e. The molecule has 0 fully saturated rings. The molecule has 0 bridgehead atoms. The van der Waals surface area contributed by atoms with Gasteiger partial charge in [0, 0.05) is 19.0 Å². The predicted molar refractivity (Wildman–Crippen MR) is 83.0 cm³/mol. The summed E-state index contributed by atoms with van der Waals surface area (Å²) in [5.41, 5.74) is 0.676. The first-order valence-corrected chi connectivity index (χ1v) is 6.77. The van der Waals surface area contributed by atoms with Gasteiger partial charge in [0.1, 0.15) is 11.4 Å². The van der Waals surface area contributed by atoms with Gasteiger partial charge < -0.3 is 15.1 Å². The van der Waals surface area contributed by atoms with Gasteiger partial charge in [-0.25, -0.2) is 9.78 Å². The first-order valence-electron chi connectivity index (χ1n) is 6.77. The van der Waals surface area contributed by atoms with Crippen LogP contribution in [-0.4, -0.2) is 40.4 Å². The van der Waals surface area contributed by atoms with Crippen LogP contribution in [0.15, 0.2) is 24.3 Å². The molecule has 1 heterocycles. The van der Waals surface area contributed by atoms with Crippen LogP contribution < -0.4 is 4.90 Å². The third kappa shape index (κ3) is 3.13. The van der Waals surface area contributed by atoms with Crippen molar-refractivity contribution in [3.63, 3.8) is 0 Å². The summed E-state index contributed by atoms with van der Waals surface area (Å²) in [5, 5.41) is 20.3. The third-order valence-electron chi connectivity index (χ3n) is 3.33. The number of carboxylic acids is 1. The lowest BCUT2D eigenvalue weighted by atomic mass is 10.0. The highest BCUT2D eigenvalue weighted by molar-refractivity contribution is 6.01. The van der Waals surface area contributed by atoms with E-state index in [4.69, 9.17) is 0 Å². The first kappa shape index (κ1) is 15.3. The van der Waals surface area contributed by atoms with Gasteiger partial charge in [0.2, 0.25) is 0 Å². The molecular formula is C16H20N2O3. The molecule has 5 nitrogen and oxygen atoms in total. The van der Waals surface area contributed by atoms with E-state index in [1.165, 1.54) is 0 Å². The molecule has 0 unspecified atom stereocenters. The number of para-hydroxylation sites is 1. The number of likely N-dealkylation sites (N-methyl/N-ethyl adjacent to an activating group) is 1. The topological polar surface area (TPSA) is 73.7 Å². The monoisotopic (exact) mass is 288 g/mol. The Morgan fingerprint density at radius 3 is 2.52 bits per heavy atom. The molecule has 1 aromatic heterocycles. The highest BCUT2D eigenvalue weighted by Crippen LogP contribution is 2.28. The minimum atomic E-state index is -1.01. The van der Waals surface area contributed by atoms with Crippen LogP contribution in [0.3, 0.4) is 0 Å². The number of hydrogen-bond acceptors (Lipinski definition) is 4. The van der Waals surface area contributed by atoms with Crippen LogP contribution in [-0.2, 0) is 0 Å². The molecule has 1 aromatic carbocycles. The van der Waals surface area contributed by atoms with Crippen molar-refractivity contribution in [2.45, 2.75) is 26.4 Å².